The molecule has 0 aliphatic heterocycles. The SMILES string of the molecule is CCCC[Si](CC(C)C)(OCC)OCC. The molecule has 0 aromatic rings. The fourth-order valence-corrected chi connectivity index (χ4v) is 6.00. The first-order chi connectivity index (χ1) is 7.10. The van der Waals surface area contributed by atoms with E-state index in [1.807, 2.05) is 0 Å². The van der Waals surface area contributed by atoms with E-state index in [-0.39, 0.29) is 0 Å². The minimum atomic E-state index is -1.88. The highest BCUT2D eigenvalue weighted by Crippen LogP contribution is 2.26. The second-order valence-corrected chi connectivity index (χ2v) is 7.79. The van der Waals surface area contributed by atoms with Gasteiger partial charge in [-0.05, 0) is 31.9 Å². The van der Waals surface area contributed by atoms with Crippen molar-refractivity contribution < 1.29 is 8.85 Å². The molecular weight excluding hydrogens is 204 g/mol. The lowest BCUT2D eigenvalue weighted by Gasteiger charge is -2.31. The molecule has 0 aromatic heterocycles. The molecule has 0 saturated heterocycles. The van der Waals surface area contributed by atoms with Crippen LogP contribution in [0.5, 0.6) is 0 Å². The summed E-state index contributed by atoms with van der Waals surface area (Å²) in [4.78, 5) is 0. The van der Waals surface area contributed by atoms with Gasteiger partial charge >= 0.3 is 8.56 Å². The van der Waals surface area contributed by atoms with Crippen molar-refractivity contribution >= 4 is 8.56 Å². The monoisotopic (exact) mass is 232 g/mol. The van der Waals surface area contributed by atoms with E-state index in [0.29, 0.717) is 5.92 Å². The van der Waals surface area contributed by atoms with Gasteiger partial charge in [-0.2, -0.15) is 0 Å². The Kier molecular flexibility index (Phi) is 8.38. The van der Waals surface area contributed by atoms with Crippen molar-refractivity contribution in [2.75, 3.05) is 13.2 Å². The summed E-state index contributed by atoms with van der Waals surface area (Å²) in [6.07, 6.45) is 2.46. The van der Waals surface area contributed by atoms with E-state index in [0.717, 1.165) is 25.3 Å². The molecule has 0 radical (unpaired) electrons. The van der Waals surface area contributed by atoms with Gasteiger partial charge < -0.3 is 8.85 Å². The molecule has 0 aromatic carbocycles. The van der Waals surface area contributed by atoms with Crippen LogP contribution < -0.4 is 0 Å². The van der Waals surface area contributed by atoms with Gasteiger partial charge in [-0.25, -0.2) is 0 Å². The van der Waals surface area contributed by atoms with Gasteiger partial charge in [0.15, 0.2) is 0 Å². The van der Waals surface area contributed by atoms with Crippen LogP contribution in [0, 0.1) is 5.92 Å². The summed E-state index contributed by atoms with van der Waals surface area (Å²) >= 11 is 0. The topological polar surface area (TPSA) is 18.5 Å². The Hall–Kier alpha value is 0.137. The lowest BCUT2D eigenvalue weighted by molar-refractivity contribution is 0.177. The van der Waals surface area contributed by atoms with Crippen molar-refractivity contribution in [3.8, 4) is 0 Å². The minimum Gasteiger partial charge on any atom is -0.394 e. The Balaban J connectivity index is 4.40. The summed E-state index contributed by atoms with van der Waals surface area (Å²) in [5.41, 5.74) is 0. The minimum absolute atomic E-state index is 0.673. The second kappa shape index (κ2) is 8.31. The van der Waals surface area contributed by atoms with Crippen LogP contribution in [-0.2, 0) is 8.85 Å². The van der Waals surface area contributed by atoms with Gasteiger partial charge in [0.2, 0.25) is 0 Å². The summed E-state index contributed by atoms with van der Waals surface area (Å²) < 4.78 is 12.0. The molecule has 0 spiro atoms. The van der Waals surface area contributed by atoms with Gasteiger partial charge in [0.25, 0.3) is 0 Å². The van der Waals surface area contributed by atoms with Gasteiger partial charge in [-0.15, -0.1) is 0 Å². The third-order valence-electron chi connectivity index (χ3n) is 2.45. The maximum Gasteiger partial charge on any atom is 0.338 e. The molecule has 0 bridgehead atoms. The van der Waals surface area contributed by atoms with Crippen molar-refractivity contribution in [3.63, 3.8) is 0 Å². The molecule has 92 valence electrons. The maximum absolute atomic E-state index is 6.00. The molecular formula is C12H28O2Si. The molecule has 0 saturated carbocycles. The molecule has 2 nitrogen and oxygen atoms in total. The summed E-state index contributed by atoms with van der Waals surface area (Å²) in [5, 5.41) is 0. The second-order valence-electron chi connectivity index (χ2n) is 4.48. The van der Waals surface area contributed by atoms with Gasteiger partial charge in [0.05, 0.1) is 0 Å². The Labute approximate surface area is 96.6 Å². The van der Waals surface area contributed by atoms with Crippen molar-refractivity contribution in [2.45, 2.75) is 59.5 Å². The van der Waals surface area contributed by atoms with Crippen LogP contribution in [0.4, 0.5) is 0 Å². The molecule has 0 aliphatic rings. The first-order valence-corrected chi connectivity index (χ1v) is 8.61. The summed E-state index contributed by atoms with van der Waals surface area (Å²) in [6, 6.07) is 2.29. The first-order valence-electron chi connectivity index (χ1n) is 6.38. The van der Waals surface area contributed by atoms with Crippen LogP contribution in [0.15, 0.2) is 0 Å². The van der Waals surface area contributed by atoms with E-state index in [9.17, 15) is 0 Å². The highest BCUT2D eigenvalue weighted by molar-refractivity contribution is 6.67. The van der Waals surface area contributed by atoms with Crippen LogP contribution in [-0.4, -0.2) is 21.8 Å². The van der Waals surface area contributed by atoms with Crippen LogP contribution in [0.3, 0.4) is 0 Å². The molecule has 0 atom stereocenters. The Morgan fingerprint density at radius 3 is 1.87 bits per heavy atom. The van der Waals surface area contributed by atoms with Gasteiger partial charge in [0.1, 0.15) is 0 Å². The molecule has 0 rings (SSSR count). The van der Waals surface area contributed by atoms with Crippen LogP contribution >= 0.6 is 0 Å². The quantitative estimate of drug-likeness (QED) is 0.560. The molecule has 3 heteroatoms. The maximum atomic E-state index is 6.00. The van der Waals surface area contributed by atoms with Gasteiger partial charge in [0, 0.05) is 13.2 Å². The van der Waals surface area contributed by atoms with E-state index in [1.165, 1.54) is 12.8 Å². The number of hydrogen-bond donors (Lipinski definition) is 0. The summed E-state index contributed by atoms with van der Waals surface area (Å²) in [7, 11) is -1.88. The molecule has 15 heavy (non-hydrogen) atoms. The Morgan fingerprint density at radius 2 is 1.53 bits per heavy atom. The third-order valence-corrected chi connectivity index (χ3v) is 6.63. The Bertz CT molecular complexity index is 143. The largest absolute Gasteiger partial charge is 0.394 e. The zero-order valence-electron chi connectivity index (χ0n) is 11.1. The number of rotatable bonds is 9. The van der Waals surface area contributed by atoms with E-state index in [2.05, 4.69) is 34.6 Å². The average Bonchev–Trinajstić information content (AvgIpc) is 2.14. The van der Waals surface area contributed by atoms with Crippen LogP contribution in [0.2, 0.25) is 12.1 Å². The molecule has 0 N–H and O–H groups in total. The molecule has 0 amide bonds. The number of hydrogen-bond acceptors (Lipinski definition) is 2. The van der Waals surface area contributed by atoms with Crippen molar-refractivity contribution in [1.82, 2.24) is 0 Å². The van der Waals surface area contributed by atoms with E-state index < -0.39 is 8.56 Å². The van der Waals surface area contributed by atoms with E-state index >= 15 is 0 Å². The van der Waals surface area contributed by atoms with Gasteiger partial charge in [-0.1, -0.05) is 33.6 Å². The molecule has 0 unspecified atom stereocenters. The third kappa shape index (κ3) is 6.33. The molecule has 0 aliphatic carbocycles. The molecule has 0 heterocycles. The standard InChI is InChI=1S/C12H28O2Si/c1-6-9-10-15(13-7-2,14-8-3)11-12(4)5/h12H,6-11H2,1-5H3. The summed E-state index contributed by atoms with van der Waals surface area (Å²) in [6.45, 7) is 12.5. The fraction of sp³-hybridized carbons (Fsp3) is 1.00. The number of unbranched alkanes of at least 4 members (excludes halogenated alkanes) is 1. The lowest BCUT2D eigenvalue weighted by atomic mass is 10.3. The van der Waals surface area contributed by atoms with E-state index in [4.69, 9.17) is 8.85 Å². The zero-order valence-corrected chi connectivity index (χ0v) is 12.1. The Morgan fingerprint density at radius 1 is 1.00 bits per heavy atom. The lowest BCUT2D eigenvalue weighted by Crippen LogP contribution is -2.43. The predicted octanol–water partition coefficient (Wildman–Crippen LogP) is 3.96. The fourth-order valence-electron chi connectivity index (χ4n) is 2.00. The summed E-state index contributed by atoms with van der Waals surface area (Å²) in [5.74, 6) is 0.673. The normalized spacial score (nSPS) is 12.4. The highest BCUT2D eigenvalue weighted by Gasteiger charge is 2.36. The van der Waals surface area contributed by atoms with Crippen molar-refractivity contribution in [1.29, 1.82) is 0 Å². The zero-order chi connectivity index (χ0) is 11.7. The van der Waals surface area contributed by atoms with Crippen molar-refractivity contribution in [2.24, 2.45) is 5.92 Å². The first kappa shape index (κ1) is 15.1. The van der Waals surface area contributed by atoms with Crippen LogP contribution in [0.1, 0.15) is 47.5 Å². The smallest absolute Gasteiger partial charge is 0.338 e. The highest BCUT2D eigenvalue weighted by atomic mass is 28.4. The molecule has 0 fully saturated rings. The predicted molar refractivity (Wildman–Crippen MR) is 68.4 cm³/mol. The van der Waals surface area contributed by atoms with Crippen molar-refractivity contribution in [3.05, 3.63) is 0 Å². The van der Waals surface area contributed by atoms with Gasteiger partial charge in [-0.3, -0.25) is 0 Å². The van der Waals surface area contributed by atoms with Crippen LogP contribution in [0.25, 0.3) is 0 Å². The average molecular weight is 232 g/mol. The van der Waals surface area contributed by atoms with E-state index in [1.54, 1.807) is 0 Å².